The van der Waals surface area contributed by atoms with Gasteiger partial charge >= 0.3 is 6.03 Å². The number of aromatic nitrogens is 6. The van der Waals surface area contributed by atoms with Crippen LogP contribution in [0.15, 0.2) is 12.7 Å². The topological polar surface area (TPSA) is 78.5 Å². The molecule has 10 heteroatoms. The number of nitrogens with zero attached hydrogens (tertiary/aromatic N) is 6. The van der Waals surface area contributed by atoms with Gasteiger partial charge in [0.05, 0.1) is 0 Å². The molecule has 0 fully saturated rings. The van der Waals surface area contributed by atoms with E-state index < -0.39 is 15.2 Å². The zero-order chi connectivity index (χ0) is 15.1. The van der Waals surface area contributed by atoms with Gasteiger partial charge in [-0.3, -0.25) is 0 Å². The lowest BCUT2D eigenvalue weighted by Gasteiger charge is -2.17. The van der Waals surface area contributed by atoms with E-state index in [1.165, 1.54) is 12.7 Å². The van der Waals surface area contributed by atoms with Crippen LogP contribution in [-0.2, 0) is 9.21 Å². The van der Waals surface area contributed by atoms with Gasteiger partial charge in [-0.25, -0.2) is 14.8 Å². The van der Waals surface area contributed by atoms with Crippen LogP contribution in [-0.4, -0.2) is 35.6 Å². The van der Waals surface area contributed by atoms with Crippen LogP contribution in [0, 0.1) is 0 Å². The molecule has 0 saturated carbocycles. The van der Waals surface area contributed by atoms with Crippen LogP contribution in [0.3, 0.4) is 0 Å². The van der Waals surface area contributed by atoms with E-state index in [4.69, 9.17) is 34.8 Å². The molecule has 0 saturated heterocycles. The zero-order valence-corrected chi connectivity index (χ0v) is 13.1. The van der Waals surface area contributed by atoms with Gasteiger partial charge < -0.3 is 0 Å². The molecule has 0 atom stereocenters. The first-order valence-corrected chi connectivity index (χ1v) is 6.68. The first-order chi connectivity index (χ1) is 9.10. The van der Waals surface area contributed by atoms with Crippen LogP contribution >= 0.6 is 34.8 Å². The molecule has 2 aromatic heterocycles. The van der Waals surface area contributed by atoms with Gasteiger partial charge in [-0.2, -0.15) is 14.5 Å². The van der Waals surface area contributed by atoms with Gasteiger partial charge in [-0.05, 0) is 0 Å². The molecule has 0 aliphatic heterocycles. The molecule has 0 bridgehead atoms. The fourth-order valence-electron chi connectivity index (χ4n) is 1.46. The Labute approximate surface area is 129 Å². The predicted molar refractivity (Wildman–Crippen MR) is 74.2 cm³/mol. The summed E-state index contributed by atoms with van der Waals surface area (Å²) >= 11 is 17.3. The maximum absolute atomic E-state index is 12.3. The van der Waals surface area contributed by atoms with Gasteiger partial charge in [0.15, 0.2) is 0 Å². The lowest BCUT2D eigenvalue weighted by Crippen LogP contribution is -2.28. The van der Waals surface area contributed by atoms with Crippen LogP contribution in [0.2, 0.25) is 0 Å². The lowest BCUT2D eigenvalue weighted by atomic mass is 9.96. The number of rotatable bonds is 0. The molecule has 7 nitrogen and oxygen atoms in total. The number of halogens is 3. The summed E-state index contributed by atoms with van der Waals surface area (Å²) in [6.45, 7) is 5.60. The Morgan fingerprint density at radius 3 is 2.35 bits per heavy atom. The first kappa shape index (κ1) is 15.2. The highest BCUT2D eigenvalue weighted by molar-refractivity contribution is 6.66. The summed E-state index contributed by atoms with van der Waals surface area (Å²) in [6.07, 6.45) is 2.49. The molecule has 20 heavy (non-hydrogen) atoms. The zero-order valence-electron chi connectivity index (χ0n) is 10.9. The Bertz CT molecular complexity index is 622. The SMILES string of the molecule is CC(C)(C)c1nc(C(Cl)(Cl)Cl)nn1C(=O)n1cncn1. The average Bonchev–Trinajstić information content (AvgIpc) is 2.96. The Hall–Kier alpha value is -1.18. The Morgan fingerprint density at radius 1 is 1.25 bits per heavy atom. The van der Waals surface area contributed by atoms with Gasteiger partial charge in [0, 0.05) is 5.41 Å². The van der Waals surface area contributed by atoms with E-state index in [0.29, 0.717) is 5.82 Å². The predicted octanol–water partition coefficient (Wildman–Crippen LogP) is 2.51. The average molecular weight is 338 g/mol. The van der Waals surface area contributed by atoms with Crippen LogP contribution in [0.25, 0.3) is 0 Å². The van der Waals surface area contributed by atoms with E-state index in [1.807, 2.05) is 20.8 Å². The summed E-state index contributed by atoms with van der Waals surface area (Å²) in [5.74, 6) is 0.292. The maximum Gasteiger partial charge on any atom is 0.372 e. The molecule has 0 N–H and O–H groups in total. The van der Waals surface area contributed by atoms with Crippen molar-refractivity contribution in [1.29, 1.82) is 0 Å². The highest BCUT2D eigenvalue weighted by Crippen LogP contribution is 2.37. The van der Waals surface area contributed by atoms with Crippen molar-refractivity contribution in [3.63, 3.8) is 0 Å². The number of carbonyl (C=O) groups excluding carboxylic acids is 1. The molecule has 0 radical (unpaired) electrons. The smallest absolute Gasteiger partial charge is 0.243 e. The molecule has 0 aliphatic carbocycles. The van der Waals surface area contributed by atoms with Crippen molar-refractivity contribution < 1.29 is 4.79 Å². The normalized spacial score (nSPS) is 12.7. The molecule has 0 unspecified atom stereocenters. The molecule has 2 aromatic rings. The largest absolute Gasteiger partial charge is 0.372 e. The van der Waals surface area contributed by atoms with Crippen molar-refractivity contribution in [3.05, 3.63) is 24.3 Å². The molecule has 0 spiro atoms. The van der Waals surface area contributed by atoms with E-state index in [-0.39, 0.29) is 5.82 Å². The molecule has 0 amide bonds. The van der Waals surface area contributed by atoms with Crippen molar-refractivity contribution >= 4 is 40.8 Å². The summed E-state index contributed by atoms with van der Waals surface area (Å²) in [6, 6.07) is -0.555. The van der Waals surface area contributed by atoms with Gasteiger partial charge in [0.1, 0.15) is 18.5 Å². The standard InChI is InChI=1S/C10H11Cl3N6O/c1-9(2,3)7-16-6(10(11,12)13)17-19(7)8(20)18-5-14-4-15-18/h4-5H,1-3H3. The number of hydrogen-bond acceptors (Lipinski definition) is 5. The van der Waals surface area contributed by atoms with E-state index >= 15 is 0 Å². The molecule has 2 heterocycles. The highest BCUT2D eigenvalue weighted by Gasteiger charge is 2.34. The second-order valence-electron chi connectivity index (χ2n) is 5.04. The third-order valence-electron chi connectivity index (χ3n) is 2.33. The maximum atomic E-state index is 12.3. The quantitative estimate of drug-likeness (QED) is 0.690. The molecule has 108 valence electrons. The van der Waals surface area contributed by atoms with Crippen molar-refractivity contribution in [1.82, 2.24) is 29.5 Å². The second kappa shape index (κ2) is 4.98. The fourth-order valence-corrected chi connectivity index (χ4v) is 1.70. The fraction of sp³-hybridized carbons (Fsp3) is 0.500. The number of hydrogen-bond donors (Lipinski definition) is 0. The van der Waals surface area contributed by atoms with Crippen LogP contribution in [0.1, 0.15) is 32.4 Å². The number of alkyl halides is 3. The molecular weight excluding hydrogens is 327 g/mol. The third-order valence-corrected chi connectivity index (χ3v) is 2.83. The van der Waals surface area contributed by atoms with Gasteiger partial charge in [-0.1, -0.05) is 55.6 Å². The monoisotopic (exact) mass is 336 g/mol. The Kier molecular flexibility index (Phi) is 3.79. The van der Waals surface area contributed by atoms with Crippen LogP contribution in [0.5, 0.6) is 0 Å². The van der Waals surface area contributed by atoms with E-state index in [9.17, 15) is 4.79 Å². The molecular formula is C10H11Cl3N6O. The molecule has 0 aromatic carbocycles. The second-order valence-corrected chi connectivity index (χ2v) is 7.32. The van der Waals surface area contributed by atoms with Crippen molar-refractivity contribution in [2.75, 3.05) is 0 Å². The molecule has 2 rings (SSSR count). The van der Waals surface area contributed by atoms with Gasteiger partial charge in [0.25, 0.3) is 3.79 Å². The Morgan fingerprint density at radius 2 is 1.90 bits per heavy atom. The van der Waals surface area contributed by atoms with E-state index in [0.717, 1.165) is 9.36 Å². The van der Waals surface area contributed by atoms with Crippen LogP contribution < -0.4 is 0 Å². The van der Waals surface area contributed by atoms with E-state index in [1.54, 1.807) is 0 Å². The minimum absolute atomic E-state index is 0.0686. The summed E-state index contributed by atoms with van der Waals surface area (Å²) < 4.78 is 0.270. The van der Waals surface area contributed by atoms with Crippen molar-refractivity contribution in [2.45, 2.75) is 30.0 Å². The Balaban J connectivity index is 2.57. The minimum Gasteiger partial charge on any atom is -0.243 e. The minimum atomic E-state index is -1.81. The van der Waals surface area contributed by atoms with Crippen molar-refractivity contribution in [2.24, 2.45) is 0 Å². The molecule has 0 aliphatic rings. The first-order valence-electron chi connectivity index (χ1n) is 5.55. The summed E-state index contributed by atoms with van der Waals surface area (Å²) in [4.78, 5) is 20.2. The third kappa shape index (κ3) is 2.94. The number of carbonyl (C=O) groups is 1. The van der Waals surface area contributed by atoms with Crippen LogP contribution in [0.4, 0.5) is 4.79 Å². The van der Waals surface area contributed by atoms with E-state index in [2.05, 4.69) is 20.2 Å². The van der Waals surface area contributed by atoms with Gasteiger partial charge in [0.2, 0.25) is 5.82 Å². The summed E-state index contributed by atoms with van der Waals surface area (Å²) in [5, 5.41) is 7.73. The summed E-state index contributed by atoms with van der Waals surface area (Å²) in [5.41, 5.74) is -0.475. The van der Waals surface area contributed by atoms with Crippen molar-refractivity contribution in [3.8, 4) is 0 Å². The lowest BCUT2D eigenvalue weighted by molar-refractivity contribution is 0.235. The summed E-state index contributed by atoms with van der Waals surface area (Å²) in [7, 11) is 0. The van der Waals surface area contributed by atoms with Gasteiger partial charge in [-0.15, -0.1) is 5.10 Å². The highest BCUT2D eigenvalue weighted by atomic mass is 35.6.